The number of nitrogens with one attached hydrogen (secondary N) is 1. The molecule has 6 aromatic carbocycles. The van der Waals surface area contributed by atoms with Crippen molar-refractivity contribution in [3.8, 4) is 34.2 Å². The number of amidine groups is 1. The molecule has 0 bridgehead atoms. The quantitative estimate of drug-likeness (QED) is 0.168. The summed E-state index contributed by atoms with van der Waals surface area (Å²) in [4.78, 5) is 19.7. The van der Waals surface area contributed by atoms with Crippen molar-refractivity contribution in [3.05, 3.63) is 198 Å². The van der Waals surface area contributed by atoms with Gasteiger partial charge in [0.15, 0.2) is 23.2 Å². The lowest BCUT2D eigenvalue weighted by Crippen LogP contribution is -2.32. The van der Waals surface area contributed by atoms with Crippen LogP contribution in [-0.4, -0.2) is 20.8 Å². The van der Waals surface area contributed by atoms with Crippen LogP contribution in [0.2, 0.25) is 0 Å². The van der Waals surface area contributed by atoms with Gasteiger partial charge in [-0.25, -0.2) is 19.9 Å². The van der Waals surface area contributed by atoms with E-state index in [0.29, 0.717) is 23.2 Å². The van der Waals surface area contributed by atoms with Gasteiger partial charge in [-0.15, -0.1) is 0 Å². The maximum absolute atomic E-state index is 6.45. The molecule has 0 amide bonds. The number of nitrogens with zero attached hydrogens (tertiary/aromatic N) is 4. The highest BCUT2D eigenvalue weighted by Crippen LogP contribution is 2.42. The topological polar surface area (TPSA) is 89.3 Å². The third-order valence-electron chi connectivity index (χ3n) is 10.00. The second kappa shape index (κ2) is 14.0. The summed E-state index contributed by atoms with van der Waals surface area (Å²) in [6.07, 6.45) is 5.90. The van der Waals surface area contributed by atoms with Crippen LogP contribution in [-0.2, 0) is 0 Å². The van der Waals surface area contributed by atoms with E-state index in [1.54, 1.807) is 0 Å². The molecule has 1 aliphatic heterocycles. The molecule has 4 heterocycles. The summed E-state index contributed by atoms with van der Waals surface area (Å²) in [5, 5.41) is 5.59. The molecule has 0 fully saturated rings. The molecule has 0 saturated heterocycles. The molecule has 3 aromatic heterocycles. The third kappa shape index (κ3) is 6.07. The Kier molecular flexibility index (Phi) is 8.22. The van der Waals surface area contributed by atoms with Crippen LogP contribution in [0.25, 0.3) is 74.3 Å². The summed E-state index contributed by atoms with van der Waals surface area (Å²) < 4.78 is 12.9. The molecular formula is C49H33N5O2. The largest absolute Gasteiger partial charge is 0.456 e. The minimum absolute atomic E-state index is 0.243. The Balaban J connectivity index is 0.997. The molecule has 7 heteroatoms. The minimum atomic E-state index is -0.243. The smallest absolute Gasteiger partial charge is 0.164 e. The van der Waals surface area contributed by atoms with E-state index >= 15 is 0 Å². The summed E-state index contributed by atoms with van der Waals surface area (Å²) in [5.74, 6) is 4.10. The Morgan fingerprint density at radius 3 is 1.86 bits per heavy atom. The molecule has 9 aromatic rings. The molecule has 0 spiro atoms. The fourth-order valence-electron chi connectivity index (χ4n) is 7.25. The maximum atomic E-state index is 6.45. The van der Waals surface area contributed by atoms with Gasteiger partial charge in [-0.3, -0.25) is 0 Å². The molecule has 1 unspecified atom stereocenters. The zero-order valence-electron chi connectivity index (χ0n) is 30.1. The molecule has 0 saturated carbocycles. The van der Waals surface area contributed by atoms with Gasteiger partial charge in [-0.1, -0.05) is 140 Å². The SMILES string of the molecule is C=Cc1c(/C=C/c2cccc(C3NC(c4ccccc4)=Nc4c3oc3ccccc43)c2)oc2ccc(-c3nc(-c4ccccc4)nc(-c4ccccc4)n3)cc12. The van der Waals surface area contributed by atoms with Crippen LogP contribution in [0.4, 0.5) is 5.69 Å². The lowest BCUT2D eigenvalue weighted by atomic mass is 9.98. The Bertz CT molecular complexity index is 2910. The first-order chi connectivity index (χ1) is 27.7. The summed E-state index contributed by atoms with van der Waals surface area (Å²) in [7, 11) is 0. The Morgan fingerprint density at radius 2 is 1.16 bits per heavy atom. The van der Waals surface area contributed by atoms with Crippen molar-refractivity contribution in [1.29, 1.82) is 0 Å². The van der Waals surface area contributed by atoms with Crippen molar-refractivity contribution in [2.24, 2.45) is 4.99 Å². The highest BCUT2D eigenvalue weighted by molar-refractivity contribution is 6.05. The van der Waals surface area contributed by atoms with Gasteiger partial charge >= 0.3 is 0 Å². The molecular weight excluding hydrogens is 691 g/mol. The zero-order chi connectivity index (χ0) is 37.4. The van der Waals surface area contributed by atoms with Crippen LogP contribution >= 0.6 is 0 Å². The van der Waals surface area contributed by atoms with Gasteiger partial charge in [0.2, 0.25) is 0 Å². The number of benzene rings is 6. The number of para-hydroxylation sites is 1. The first-order valence-electron chi connectivity index (χ1n) is 18.4. The summed E-state index contributed by atoms with van der Waals surface area (Å²) >= 11 is 0. The molecule has 7 nitrogen and oxygen atoms in total. The van der Waals surface area contributed by atoms with Crippen molar-refractivity contribution in [2.75, 3.05) is 0 Å². The average Bonchev–Trinajstić information content (AvgIpc) is 3.83. The van der Waals surface area contributed by atoms with E-state index in [0.717, 1.165) is 78.2 Å². The average molecular weight is 724 g/mol. The fourth-order valence-corrected chi connectivity index (χ4v) is 7.25. The van der Waals surface area contributed by atoms with E-state index in [2.05, 4.69) is 66.5 Å². The summed E-state index contributed by atoms with van der Waals surface area (Å²) in [6.45, 7) is 4.16. The molecule has 10 rings (SSSR count). The minimum Gasteiger partial charge on any atom is -0.456 e. The number of aliphatic imine (C=N–C) groups is 1. The predicted octanol–water partition coefficient (Wildman–Crippen LogP) is 11.9. The zero-order valence-corrected chi connectivity index (χ0v) is 30.1. The highest BCUT2D eigenvalue weighted by Gasteiger charge is 2.30. The third-order valence-corrected chi connectivity index (χ3v) is 10.00. The standard InChI is InChI=1S/C49H33N5O2/c1-2-37-39-30-36(49-53-47(33-18-8-4-9-19-33)52-48(54-49)34-20-10-5-11-21-34)26-28-42(39)55-41(37)27-25-31-15-14-22-35(29-31)43-45-44(38-23-12-13-24-40(38)56-45)51-46(50-43)32-16-6-3-7-17-32/h2-30,43H,1H2,(H,50,51)/b27-25+. The van der Waals surface area contributed by atoms with E-state index in [9.17, 15) is 0 Å². The van der Waals surface area contributed by atoms with Crippen LogP contribution < -0.4 is 5.32 Å². The predicted molar refractivity (Wildman–Crippen MR) is 225 cm³/mol. The molecule has 0 radical (unpaired) electrons. The van der Waals surface area contributed by atoms with Gasteiger partial charge in [-0.05, 0) is 53.6 Å². The second-order valence-corrected chi connectivity index (χ2v) is 13.6. The van der Waals surface area contributed by atoms with Crippen LogP contribution in [0.15, 0.2) is 178 Å². The van der Waals surface area contributed by atoms with E-state index in [1.165, 1.54) is 0 Å². The molecule has 266 valence electrons. The number of hydrogen-bond acceptors (Lipinski definition) is 7. The van der Waals surface area contributed by atoms with Crippen molar-refractivity contribution in [3.63, 3.8) is 0 Å². The number of rotatable bonds is 8. The molecule has 1 atom stereocenters. The van der Waals surface area contributed by atoms with Gasteiger partial charge in [0.05, 0.1) is 0 Å². The Morgan fingerprint density at radius 1 is 0.536 bits per heavy atom. The van der Waals surface area contributed by atoms with Gasteiger partial charge < -0.3 is 14.2 Å². The molecule has 56 heavy (non-hydrogen) atoms. The van der Waals surface area contributed by atoms with Crippen molar-refractivity contribution in [1.82, 2.24) is 20.3 Å². The summed E-state index contributed by atoms with van der Waals surface area (Å²) in [5.41, 5.74) is 9.06. The normalized spacial score (nSPS) is 13.8. The highest BCUT2D eigenvalue weighted by atomic mass is 16.3. The van der Waals surface area contributed by atoms with Gasteiger partial charge in [-0.2, -0.15) is 0 Å². The van der Waals surface area contributed by atoms with Gasteiger partial charge in [0.25, 0.3) is 0 Å². The lowest BCUT2D eigenvalue weighted by Gasteiger charge is -2.24. The van der Waals surface area contributed by atoms with Crippen molar-refractivity contribution >= 4 is 51.7 Å². The van der Waals surface area contributed by atoms with E-state index in [4.69, 9.17) is 28.8 Å². The first-order valence-corrected chi connectivity index (χ1v) is 18.4. The van der Waals surface area contributed by atoms with Crippen LogP contribution in [0.1, 0.15) is 39.8 Å². The Hall–Kier alpha value is -7.64. The summed E-state index contributed by atoms with van der Waals surface area (Å²) in [6, 6.07) is 52.4. The lowest BCUT2D eigenvalue weighted by molar-refractivity contribution is 0.503. The number of furan rings is 2. The van der Waals surface area contributed by atoms with Crippen LogP contribution in [0.5, 0.6) is 0 Å². The maximum Gasteiger partial charge on any atom is 0.164 e. The second-order valence-electron chi connectivity index (χ2n) is 13.6. The van der Waals surface area contributed by atoms with Crippen LogP contribution in [0, 0.1) is 0 Å². The molecule has 1 aliphatic rings. The molecule has 1 N–H and O–H groups in total. The molecule has 0 aliphatic carbocycles. The van der Waals surface area contributed by atoms with Gasteiger partial charge in [0.1, 0.15) is 34.5 Å². The number of aromatic nitrogens is 3. The van der Waals surface area contributed by atoms with E-state index < -0.39 is 0 Å². The monoisotopic (exact) mass is 723 g/mol. The van der Waals surface area contributed by atoms with Crippen molar-refractivity contribution in [2.45, 2.75) is 6.04 Å². The van der Waals surface area contributed by atoms with E-state index in [-0.39, 0.29) is 6.04 Å². The van der Waals surface area contributed by atoms with Crippen molar-refractivity contribution < 1.29 is 8.83 Å². The van der Waals surface area contributed by atoms with Gasteiger partial charge in [0, 0.05) is 38.6 Å². The Labute approximate surface area is 323 Å². The van der Waals surface area contributed by atoms with Crippen LogP contribution in [0.3, 0.4) is 0 Å². The number of fused-ring (bicyclic) bond motifs is 4. The fraction of sp³-hybridized carbons (Fsp3) is 0.0204. The van der Waals surface area contributed by atoms with E-state index in [1.807, 2.05) is 121 Å². The number of hydrogen-bond donors (Lipinski definition) is 1. The first kappa shape index (κ1) is 33.0.